The molecule has 0 saturated carbocycles. The van der Waals surface area contributed by atoms with E-state index in [0.717, 1.165) is 30.6 Å². The van der Waals surface area contributed by atoms with Crippen LogP contribution in [0.5, 0.6) is 0 Å². The second-order valence-electron chi connectivity index (χ2n) is 5.25. The molecule has 0 radical (unpaired) electrons. The van der Waals surface area contributed by atoms with E-state index < -0.39 is 0 Å². The van der Waals surface area contributed by atoms with Gasteiger partial charge in [-0.05, 0) is 36.6 Å². The highest BCUT2D eigenvalue weighted by Gasteiger charge is 2.23. The van der Waals surface area contributed by atoms with Gasteiger partial charge in [0.15, 0.2) is 0 Å². The van der Waals surface area contributed by atoms with Crippen molar-refractivity contribution in [2.24, 2.45) is 0 Å². The SMILES string of the molecule is O=C(NCc1ccc(F)cc1)c1ncccc1C1CCCO1. The third-order valence-corrected chi connectivity index (χ3v) is 3.70. The zero-order valence-electron chi connectivity index (χ0n) is 12.1. The minimum absolute atomic E-state index is 0.0553. The molecule has 1 N–H and O–H groups in total. The quantitative estimate of drug-likeness (QED) is 0.944. The van der Waals surface area contributed by atoms with E-state index in [2.05, 4.69) is 10.3 Å². The van der Waals surface area contributed by atoms with Gasteiger partial charge in [0.1, 0.15) is 11.5 Å². The highest BCUT2D eigenvalue weighted by molar-refractivity contribution is 5.93. The number of ether oxygens (including phenoxy) is 1. The lowest BCUT2D eigenvalue weighted by atomic mass is 10.0. The van der Waals surface area contributed by atoms with E-state index in [4.69, 9.17) is 4.74 Å². The molecule has 0 aliphatic carbocycles. The van der Waals surface area contributed by atoms with E-state index in [1.54, 1.807) is 18.3 Å². The van der Waals surface area contributed by atoms with Crippen molar-refractivity contribution in [2.75, 3.05) is 6.61 Å². The van der Waals surface area contributed by atoms with Crippen molar-refractivity contribution in [3.8, 4) is 0 Å². The standard InChI is InChI=1S/C17H17FN2O2/c18-13-7-5-12(6-8-13)11-20-17(21)16-14(3-1-9-19-16)15-4-2-10-22-15/h1,3,5-9,15H,2,4,10-11H2,(H,20,21). The van der Waals surface area contributed by atoms with Crippen molar-refractivity contribution < 1.29 is 13.9 Å². The molecule has 3 rings (SSSR count). The second-order valence-corrected chi connectivity index (χ2v) is 5.25. The van der Waals surface area contributed by atoms with Crippen molar-refractivity contribution in [3.05, 3.63) is 65.2 Å². The Morgan fingerprint density at radius 1 is 1.32 bits per heavy atom. The maximum absolute atomic E-state index is 12.9. The maximum Gasteiger partial charge on any atom is 0.270 e. The van der Waals surface area contributed by atoms with Crippen LogP contribution < -0.4 is 5.32 Å². The van der Waals surface area contributed by atoms with Gasteiger partial charge in [0.05, 0.1) is 6.10 Å². The minimum atomic E-state index is -0.291. The van der Waals surface area contributed by atoms with E-state index in [0.29, 0.717) is 12.2 Å². The van der Waals surface area contributed by atoms with Crippen LogP contribution in [0.15, 0.2) is 42.6 Å². The summed E-state index contributed by atoms with van der Waals surface area (Å²) in [6.07, 6.45) is 3.45. The maximum atomic E-state index is 12.9. The molecule has 114 valence electrons. The molecule has 1 fully saturated rings. The smallest absolute Gasteiger partial charge is 0.270 e. The number of amides is 1. The molecule has 1 amide bonds. The number of carbonyl (C=O) groups excluding carboxylic acids is 1. The molecular formula is C17H17FN2O2. The van der Waals surface area contributed by atoms with E-state index in [1.807, 2.05) is 12.1 Å². The highest BCUT2D eigenvalue weighted by atomic mass is 19.1. The van der Waals surface area contributed by atoms with Gasteiger partial charge in [-0.25, -0.2) is 4.39 Å². The van der Waals surface area contributed by atoms with Crippen LogP contribution in [0.1, 0.15) is 40.6 Å². The summed E-state index contributed by atoms with van der Waals surface area (Å²) in [6, 6.07) is 9.74. The summed E-state index contributed by atoms with van der Waals surface area (Å²) in [4.78, 5) is 16.6. The molecule has 1 saturated heterocycles. The molecular weight excluding hydrogens is 283 g/mol. The molecule has 1 aromatic carbocycles. The van der Waals surface area contributed by atoms with Crippen LogP contribution in [0.25, 0.3) is 0 Å². The Hall–Kier alpha value is -2.27. The zero-order valence-corrected chi connectivity index (χ0v) is 12.1. The molecule has 0 spiro atoms. The fourth-order valence-corrected chi connectivity index (χ4v) is 2.56. The Morgan fingerprint density at radius 3 is 2.86 bits per heavy atom. The monoisotopic (exact) mass is 300 g/mol. The van der Waals surface area contributed by atoms with Gasteiger partial charge in [0.25, 0.3) is 5.91 Å². The van der Waals surface area contributed by atoms with Crippen LogP contribution in [0.4, 0.5) is 4.39 Å². The van der Waals surface area contributed by atoms with Gasteiger partial charge in [-0.3, -0.25) is 9.78 Å². The molecule has 1 unspecified atom stereocenters. The van der Waals surface area contributed by atoms with Crippen LogP contribution in [0, 0.1) is 5.82 Å². The average molecular weight is 300 g/mol. The van der Waals surface area contributed by atoms with Crippen LogP contribution in [-0.2, 0) is 11.3 Å². The number of halogens is 1. The lowest BCUT2D eigenvalue weighted by Gasteiger charge is -2.14. The van der Waals surface area contributed by atoms with Crippen molar-refractivity contribution in [1.29, 1.82) is 0 Å². The molecule has 22 heavy (non-hydrogen) atoms. The summed E-state index contributed by atoms with van der Waals surface area (Å²) in [5.74, 6) is -0.532. The van der Waals surface area contributed by atoms with E-state index >= 15 is 0 Å². The van der Waals surface area contributed by atoms with Gasteiger partial charge in [0, 0.05) is 24.9 Å². The zero-order chi connectivity index (χ0) is 15.4. The first kappa shape index (κ1) is 14.7. The van der Waals surface area contributed by atoms with Crippen molar-refractivity contribution >= 4 is 5.91 Å². The topological polar surface area (TPSA) is 51.2 Å². The number of nitrogens with one attached hydrogen (secondary N) is 1. The van der Waals surface area contributed by atoms with E-state index in [9.17, 15) is 9.18 Å². The molecule has 1 aliphatic rings. The van der Waals surface area contributed by atoms with E-state index in [1.165, 1.54) is 12.1 Å². The summed E-state index contributed by atoms with van der Waals surface area (Å²) >= 11 is 0. The highest BCUT2D eigenvalue weighted by Crippen LogP contribution is 2.29. The Morgan fingerprint density at radius 2 is 2.14 bits per heavy atom. The van der Waals surface area contributed by atoms with Crippen LogP contribution >= 0.6 is 0 Å². The van der Waals surface area contributed by atoms with E-state index in [-0.39, 0.29) is 17.8 Å². The lowest BCUT2D eigenvalue weighted by molar-refractivity contribution is 0.0918. The van der Waals surface area contributed by atoms with Gasteiger partial charge < -0.3 is 10.1 Å². The molecule has 0 bridgehead atoms. The number of hydrogen-bond acceptors (Lipinski definition) is 3. The fraction of sp³-hybridized carbons (Fsp3) is 0.294. The predicted octanol–water partition coefficient (Wildman–Crippen LogP) is 3.00. The molecule has 1 aliphatic heterocycles. The Labute approximate surface area is 128 Å². The average Bonchev–Trinajstić information content (AvgIpc) is 3.08. The Balaban J connectivity index is 1.70. The number of pyridine rings is 1. The molecule has 5 heteroatoms. The normalized spacial score (nSPS) is 17.4. The summed E-state index contributed by atoms with van der Waals surface area (Å²) < 4.78 is 18.5. The third kappa shape index (κ3) is 3.31. The van der Waals surface area contributed by atoms with Crippen molar-refractivity contribution in [1.82, 2.24) is 10.3 Å². The van der Waals surface area contributed by atoms with Crippen LogP contribution in [0.2, 0.25) is 0 Å². The molecule has 2 heterocycles. The second kappa shape index (κ2) is 6.66. The lowest BCUT2D eigenvalue weighted by Crippen LogP contribution is -2.25. The fourth-order valence-electron chi connectivity index (χ4n) is 2.56. The first-order valence-electron chi connectivity index (χ1n) is 7.33. The third-order valence-electron chi connectivity index (χ3n) is 3.70. The first-order chi connectivity index (χ1) is 10.7. The largest absolute Gasteiger partial charge is 0.373 e. The minimum Gasteiger partial charge on any atom is -0.373 e. The van der Waals surface area contributed by atoms with Gasteiger partial charge in [-0.1, -0.05) is 18.2 Å². The number of rotatable bonds is 4. The number of aromatic nitrogens is 1. The molecule has 1 atom stereocenters. The summed E-state index contributed by atoms with van der Waals surface area (Å²) in [6.45, 7) is 1.05. The Kier molecular flexibility index (Phi) is 4.44. The van der Waals surface area contributed by atoms with Crippen LogP contribution in [-0.4, -0.2) is 17.5 Å². The van der Waals surface area contributed by atoms with Gasteiger partial charge >= 0.3 is 0 Å². The van der Waals surface area contributed by atoms with Crippen molar-refractivity contribution in [3.63, 3.8) is 0 Å². The van der Waals surface area contributed by atoms with Gasteiger partial charge in [-0.2, -0.15) is 0 Å². The predicted molar refractivity (Wildman–Crippen MR) is 79.7 cm³/mol. The number of carbonyl (C=O) groups is 1. The summed E-state index contributed by atoms with van der Waals surface area (Å²) in [5, 5.41) is 2.82. The Bertz CT molecular complexity index is 652. The number of hydrogen-bond donors (Lipinski definition) is 1. The number of nitrogens with zero attached hydrogens (tertiary/aromatic N) is 1. The molecule has 4 nitrogen and oxygen atoms in total. The molecule has 1 aromatic heterocycles. The van der Waals surface area contributed by atoms with Crippen molar-refractivity contribution in [2.45, 2.75) is 25.5 Å². The summed E-state index contributed by atoms with van der Waals surface area (Å²) in [5.41, 5.74) is 2.07. The van der Waals surface area contributed by atoms with Gasteiger partial charge in [-0.15, -0.1) is 0 Å². The molecule has 2 aromatic rings. The first-order valence-corrected chi connectivity index (χ1v) is 7.33. The number of benzene rings is 1. The summed E-state index contributed by atoms with van der Waals surface area (Å²) in [7, 11) is 0. The van der Waals surface area contributed by atoms with Crippen LogP contribution in [0.3, 0.4) is 0 Å². The van der Waals surface area contributed by atoms with Gasteiger partial charge in [0.2, 0.25) is 0 Å².